The maximum absolute atomic E-state index is 12.8. The molecule has 3 rings (SSSR count). The van der Waals surface area contributed by atoms with Gasteiger partial charge in [-0.2, -0.15) is 0 Å². The van der Waals surface area contributed by atoms with E-state index in [0.717, 1.165) is 17.0 Å². The summed E-state index contributed by atoms with van der Waals surface area (Å²) in [4.78, 5) is 17.4. The molecule has 2 aromatic carbocycles. The molecule has 0 amide bonds. The number of aliphatic hydroxyl groups is 1. The Morgan fingerprint density at radius 1 is 1.12 bits per heavy atom. The van der Waals surface area contributed by atoms with E-state index in [9.17, 15) is 9.90 Å². The van der Waals surface area contributed by atoms with Gasteiger partial charge in [-0.1, -0.05) is 37.3 Å². The molecular weight excluding hydrogens is 326 g/mol. The fraction of sp³-hybridized carbons (Fsp3) is 0.273. The van der Waals surface area contributed by atoms with E-state index < -0.39 is 0 Å². The van der Waals surface area contributed by atoms with Crippen LogP contribution in [-0.4, -0.2) is 23.7 Å². The third-order valence-corrected chi connectivity index (χ3v) is 4.67. The maximum Gasteiger partial charge on any atom is 0.168 e. The topological polar surface area (TPSA) is 58.9 Å². The molecule has 0 fully saturated rings. The van der Waals surface area contributed by atoms with Crippen LogP contribution in [0.5, 0.6) is 5.75 Å². The van der Waals surface area contributed by atoms with Crippen LogP contribution in [0.1, 0.15) is 37.7 Å². The number of benzene rings is 2. The lowest BCUT2D eigenvalue weighted by molar-refractivity contribution is -0.116. The third kappa shape index (κ3) is 3.85. The lowest BCUT2D eigenvalue weighted by Gasteiger charge is -2.24. The number of aliphatic hydroxyl groups excluding tert-OH is 1. The lowest BCUT2D eigenvalue weighted by atomic mass is 9.81. The van der Waals surface area contributed by atoms with Gasteiger partial charge in [-0.15, -0.1) is 0 Å². The van der Waals surface area contributed by atoms with Crippen LogP contribution < -0.4 is 4.74 Å². The Bertz CT molecular complexity index is 835. The molecule has 4 nitrogen and oxygen atoms in total. The second-order valence-corrected chi connectivity index (χ2v) is 6.37. The normalized spacial score (nSPS) is 18.2. The van der Waals surface area contributed by atoms with Gasteiger partial charge >= 0.3 is 0 Å². The average Bonchev–Trinajstić information content (AvgIpc) is 2.67. The van der Waals surface area contributed by atoms with Gasteiger partial charge in [0.1, 0.15) is 11.5 Å². The van der Waals surface area contributed by atoms with Crippen molar-refractivity contribution >= 4 is 17.2 Å². The van der Waals surface area contributed by atoms with Gasteiger partial charge in [-0.3, -0.25) is 9.79 Å². The van der Waals surface area contributed by atoms with Crippen molar-refractivity contribution in [3.05, 3.63) is 71.5 Å². The van der Waals surface area contributed by atoms with Crippen molar-refractivity contribution in [3.63, 3.8) is 0 Å². The van der Waals surface area contributed by atoms with Crippen LogP contribution in [0.2, 0.25) is 0 Å². The molecule has 26 heavy (non-hydrogen) atoms. The third-order valence-electron chi connectivity index (χ3n) is 4.67. The Hall–Kier alpha value is -2.88. The number of hydrogen-bond acceptors (Lipinski definition) is 4. The van der Waals surface area contributed by atoms with Crippen LogP contribution in [0.3, 0.4) is 0 Å². The van der Waals surface area contributed by atoms with Crippen molar-refractivity contribution < 1.29 is 14.6 Å². The first-order chi connectivity index (χ1) is 12.6. The molecule has 1 aliphatic rings. The molecule has 4 heteroatoms. The van der Waals surface area contributed by atoms with Gasteiger partial charge < -0.3 is 9.84 Å². The van der Waals surface area contributed by atoms with Crippen LogP contribution in [0, 0.1) is 0 Å². The monoisotopic (exact) mass is 349 g/mol. The van der Waals surface area contributed by atoms with Crippen LogP contribution >= 0.6 is 0 Å². The summed E-state index contributed by atoms with van der Waals surface area (Å²) in [6.07, 6.45) is 1.44. The van der Waals surface area contributed by atoms with Crippen molar-refractivity contribution in [1.82, 2.24) is 0 Å². The van der Waals surface area contributed by atoms with Gasteiger partial charge in [0.15, 0.2) is 5.78 Å². The van der Waals surface area contributed by atoms with Gasteiger partial charge in [0.05, 0.1) is 24.1 Å². The Morgan fingerprint density at radius 3 is 2.38 bits per heavy atom. The Balaban J connectivity index is 1.89. The number of ketones is 1. The lowest BCUT2D eigenvalue weighted by Crippen LogP contribution is -2.23. The predicted octanol–water partition coefficient (Wildman–Crippen LogP) is 5.14. The summed E-state index contributed by atoms with van der Waals surface area (Å²) in [7, 11) is 1.61. The number of allylic oxidation sites excluding steroid dienone is 2. The summed E-state index contributed by atoms with van der Waals surface area (Å²) in [5, 5.41) is 10.6. The van der Waals surface area contributed by atoms with Gasteiger partial charge in [-0.05, 0) is 42.2 Å². The molecule has 0 saturated heterocycles. The second-order valence-electron chi connectivity index (χ2n) is 6.37. The van der Waals surface area contributed by atoms with Crippen molar-refractivity contribution in [2.24, 2.45) is 4.99 Å². The van der Waals surface area contributed by atoms with E-state index in [1.165, 1.54) is 0 Å². The standard InChI is InChI=1S/C22H23NO3/c1-3-19(23-17-9-11-18(26-2)12-10-17)22-20(24)13-16(14-21(22)25)15-7-5-4-6-8-15/h4-12,16,24H,3,13-14H2,1-2H3. The molecule has 0 heterocycles. The maximum atomic E-state index is 12.8. The number of aliphatic imine (C=N–C) groups is 1. The number of Topliss-reactive ketones (excluding diaryl/α,β-unsaturated/α-hetero) is 1. The van der Waals surface area contributed by atoms with E-state index in [1.807, 2.05) is 61.5 Å². The van der Waals surface area contributed by atoms with Crippen LogP contribution in [0.15, 0.2) is 70.9 Å². The average molecular weight is 349 g/mol. The Labute approximate surface area is 153 Å². The smallest absolute Gasteiger partial charge is 0.168 e. The molecule has 134 valence electrons. The molecular formula is C22H23NO3. The first kappa shape index (κ1) is 17.9. The zero-order valence-electron chi connectivity index (χ0n) is 15.1. The number of rotatable bonds is 5. The highest BCUT2D eigenvalue weighted by molar-refractivity contribution is 6.23. The van der Waals surface area contributed by atoms with Gasteiger partial charge in [0, 0.05) is 12.8 Å². The molecule has 0 saturated carbocycles. The van der Waals surface area contributed by atoms with E-state index in [0.29, 0.717) is 30.5 Å². The number of methoxy groups -OCH3 is 1. The summed E-state index contributed by atoms with van der Waals surface area (Å²) in [6, 6.07) is 17.2. The number of nitrogens with zero attached hydrogens (tertiary/aromatic N) is 1. The van der Waals surface area contributed by atoms with Crippen molar-refractivity contribution in [1.29, 1.82) is 0 Å². The highest BCUT2D eigenvalue weighted by Crippen LogP contribution is 2.34. The minimum Gasteiger partial charge on any atom is -0.511 e. The molecule has 1 unspecified atom stereocenters. The summed E-state index contributed by atoms with van der Waals surface area (Å²) >= 11 is 0. The van der Waals surface area contributed by atoms with Crippen molar-refractivity contribution in [2.45, 2.75) is 32.1 Å². The first-order valence-corrected chi connectivity index (χ1v) is 8.84. The number of carbonyl (C=O) groups excluding carboxylic acids is 1. The quantitative estimate of drug-likeness (QED) is 0.761. The summed E-state index contributed by atoms with van der Waals surface area (Å²) in [5.41, 5.74) is 2.83. The van der Waals surface area contributed by atoms with E-state index in [1.54, 1.807) is 7.11 Å². The fourth-order valence-electron chi connectivity index (χ4n) is 3.31. The number of ether oxygens (including phenoxy) is 1. The van der Waals surface area contributed by atoms with E-state index >= 15 is 0 Å². The SMILES string of the molecule is CCC(=Nc1ccc(OC)cc1)C1=C(O)CC(c2ccccc2)CC1=O. The fourth-order valence-corrected chi connectivity index (χ4v) is 3.31. The van der Waals surface area contributed by atoms with Crippen LogP contribution in [0.25, 0.3) is 0 Å². The number of hydrogen-bond donors (Lipinski definition) is 1. The van der Waals surface area contributed by atoms with Crippen LogP contribution in [-0.2, 0) is 4.79 Å². The molecule has 1 atom stereocenters. The molecule has 0 aliphatic heterocycles. The van der Waals surface area contributed by atoms with Gasteiger partial charge in [0.25, 0.3) is 0 Å². The van der Waals surface area contributed by atoms with Gasteiger partial charge in [-0.25, -0.2) is 0 Å². The van der Waals surface area contributed by atoms with Crippen molar-refractivity contribution in [3.8, 4) is 5.75 Å². The van der Waals surface area contributed by atoms with Crippen LogP contribution in [0.4, 0.5) is 5.69 Å². The Morgan fingerprint density at radius 2 is 1.81 bits per heavy atom. The van der Waals surface area contributed by atoms with Crippen molar-refractivity contribution in [2.75, 3.05) is 7.11 Å². The molecule has 0 aromatic heterocycles. The van der Waals surface area contributed by atoms with E-state index in [2.05, 4.69) is 4.99 Å². The summed E-state index contributed by atoms with van der Waals surface area (Å²) in [5.74, 6) is 0.871. The zero-order valence-corrected chi connectivity index (χ0v) is 15.1. The van der Waals surface area contributed by atoms with E-state index in [-0.39, 0.29) is 17.5 Å². The summed E-state index contributed by atoms with van der Waals surface area (Å²) in [6.45, 7) is 1.94. The predicted molar refractivity (Wildman–Crippen MR) is 103 cm³/mol. The second kappa shape index (κ2) is 8.00. The number of carbonyl (C=O) groups is 1. The van der Waals surface area contributed by atoms with E-state index in [4.69, 9.17) is 4.74 Å². The highest BCUT2D eigenvalue weighted by atomic mass is 16.5. The Kier molecular flexibility index (Phi) is 5.52. The molecule has 1 aliphatic carbocycles. The molecule has 0 bridgehead atoms. The molecule has 2 aromatic rings. The minimum atomic E-state index is -0.0447. The molecule has 1 N–H and O–H groups in total. The first-order valence-electron chi connectivity index (χ1n) is 8.84. The molecule has 0 radical (unpaired) electrons. The van der Waals surface area contributed by atoms with Gasteiger partial charge in [0.2, 0.25) is 0 Å². The summed E-state index contributed by atoms with van der Waals surface area (Å²) < 4.78 is 5.15. The zero-order chi connectivity index (χ0) is 18.5. The largest absolute Gasteiger partial charge is 0.511 e. The molecule has 0 spiro atoms. The highest BCUT2D eigenvalue weighted by Gasteiger charge is 2.30. The minimum absolute atomic E-state index is 0.0199.